The molecule has 0 saturated carbocycles. The Morgan fingerprint density at radius 3 is 3.00 bits per heavy atom. The van der Waals surface area contributed by atoms with Crippen LogP contribution in [0.1, 0.15) is 5.56 Å². The highest BCUT2D eigenvalue weighted by Gasteiger charge is 2.20. The van der Waals surface area contributed by atoms with Crippen LogP contribution in [0.5, 0.6) is 0 Å². The van der Waals surface area contributed by atoms with Crippen LogP contribution < -0.4 is 0 Å². The molecule has 0 amide bonds. The molecule has 0 bridgehead atoms. The Kier molecular flexibility index (Phi) is 1.38. The summed E-state index contributed by atoms with van der Waals surface area (Å²) >= 11 is 0. The number of fused-ring (bicyclic) bond motifs is 5. The van der Waals surface area contributed by atoms with Crippen LogP contribution in [0, 0.1) is 0 Å². The first kappa shape index (κ1) is 8.11. The predicted octanol–water partition coefficient (Wildman–Crippen LogP) is 3.07. The highest BCUT2D eigenvalue weighted by molar-refractivity contribution is 5.86. The molecule has 0 spiro atoms. The van der Waals surface area contributed by atoms with Gasteiger partial charge in [-0.2, -0.15) is 0 Å². The van der Waals surface area contributed by atoms with Crippen molar-refractivity contribution < 1.29 is 0 Å². The highest BCUT2D eigenvalue weighted by atomic mass is 15.1. The number of pyridine rings is 1. The fourth-order valence-electron chi connectivity index (χ4n) is 2.55. The van der Waals surface area contributed by atoms with Gasteiger partial charge in [0.05, 0.1) is 12.2 Å². The van der Waals surface area contributed by atoms with Crippen molar-refractivity contribution in [1.82, 2.24) is 9.55 Å². The quantitative estimate of drug-likeness (QED) is 0.432. The Hall–Kier alpha value is -2.09. The van der Waals surface area contributed by atoms with E-state index >= 15 is 0 Å². The van der Waals surface area contributed by atoms with Crippen molar-refractivity contribution in [2.75, 3.05) is 0 Å². The lowest BCUT2D eigenvalue weighted by Gasteiger charge is -1.98. The molecule has 2 heteroatoms. The zero-order chi connectivity index (χ0) is 10.5. The van der Waals surface area contributed by atoms with E-state index in [1.54, 1.807) is 0 Å². The molecule has 0 aliphatic carbocycles. The van der Waals surface area contributed by atoms with Crippen LogP contribution in [-0.4, -0.2) is 9.55 Å². The maximum Gasteiger partial charge on any atom is 0.140 e. The summed E-state index contributed by atoms with van der Waals surface area (Å²) in [5.41, 5.74) is 5.13. The third-order valence-corrected chi connectivity index (χ3v) is 3.28. The van der Waals surface area contributed by atoms with Gasteiger partial charge in [0.25, 0.3) is 0 Å². The van der Waals surface area contributed by atoms with Gasteiger partial charge in [0.15, 0.2) is 0 Å². The zero-order valence-electron chi connectivity index (χ0n) is 8.72. The van der Waals surface area contributed by atoms with E-state index in [1.165, 1.54) is 22.2 Å². The Morgan fingerprint density at radius 2 is 2.00 bits per heavy atom. The number of nitrogens with zero attached hydrogens (tertiary/aromatic N) is 2. The average molecular weight is 206 g/mol. The molecule has 3 aromatic rings. The first-order chi connectivity index (χ1) is 7.93. The summed E-state index contributed by atoms with van der Waals surface area (Å²) in [4.78, 5) is 4.46. The van der Waals surface area contributed by atoms with Crippen molar-refractivity contribution in [3.8, 4) is 11.3 Å². The molecule has 76 valence electrons. The summed E-state index contributed by atoms with van der Waals surface area (Å²) in [5, 5.41) is 1.23. The van der Waals surface area contributed by atoms with Crippen molar-refractivity contribution in [2.24, 2.45) is 0 Å². The maximum atomic E-state index is 4.46. The summed E-state index contributed by atoms with van der Waals surface area (Å²) in [6.45, 7) is 0.950. The van der Waals surface area contributed by atoms with E-state index < -0.39 is 0 Å². The van der Waals surface area contributed by atoms with Crippen LogP contribution in [-0.2, 0) is 6.54 Å². The summed E-state index contributed by atoms with van der Waals surface area (Å²) in [6.07, 6.45) is 1.86. The smallest absolute Gasteiger partial charge is 0.140 e. The second kappa shape index (κ2) is 2.73. The normalized spacial score (nSPS) is 12.8. The minimum absolute atomic E-state index is 0.950. The van der Waals surface area contributed by atoms with Gasteiger partial charge in [-0.25, -0.2) is 4.98 Å². The van der Waals surface area contributed by atoms with Gasteiger partial charge in [-0.1, -0.05) is 24.3 Å². The molecule has 1 aliphatic rings. The molecule has 2 nitrogen and oxygen atoms in total. The SMILES string of the molecule is c1ccc2c(c1)Cn1c-2cc2cccnc21. The maximum absolute atomic E-state index is 4.46. The van der Waals surface area contributed by atoms with Crippen LogP contribution >= 0.6 is 0 Å². The second-order valence-corrected chi connectivity index (χ2v) is 4.19. The highest BCUT2D eigenvalue weighted by Crippen LogP contribution is 2.35. The summed E-state index contributed by atoms with van der Waals surface area (Å²) in [6, 6.07) is 14.9. The molecular weight excluding hydrogens is 196 g/mol. The first-order valence-corrected chi connectivity index (χ1v) is 5.46. The largest absolute Gasteiger partial charge is 0.321 e. The van der Waals surface area contributed by atoms with E-state index in [1.807, 2.05) is 12.3 Å². The van der Waals surface area contributed by atoms with Crippen molar-refractivity contribution >= 4 is 11.0 Å². The molecule has 3 heterocycles. The minimum Gasteiger partial charge on any atom is -0.321 e. The fourth-order valence-corrected chi connectivity index (χ4v) is 2.55. The number of aromatic nitrogens is 2. The summed E-state index contributed by atoms with van der Waals surface area (Å²) < 4.78 is 2.29. The zero-order valence-corrected chi connectivity index (χ0v) is 8.72. The van der Waals surface area contributed by atoms with E-state index in [0.717, 1.165) is 12.2 Å². The number of benzene rings is 1. The van der Waals surface area contributed by atoms with Crippen molar-refractivity contribution in [3.63, 3.8) is 0 Å². The topological polar surface area (TPSA) is 17.8 Å². The molecule has 0 atom stereocenters. The van der Waals surface area contributed by atoms with Crippen molar-refractivity contribution in [2.45, 2.75) is 6.54 Å². The van der Waals surface area contributed by atoms with Gasteiger partial charge in [-0.3, -0.25) is 0 Å². The summed E-state index contributed by atoms with van der Waals surface area (Å²) in [5.74, 6) is 0. The molecule has 16 heavy (non-hydrogen) atoms. The molecule has 1 aliphatic heterocycles. The van der Waals surface area contributed by atoms with E-state index in [-0.39, 0.29) is 0 Å². The number of rotatable bonds is 0. The third-order valence-electron chi connectivity index (χ3n) is 3.28. The Balaban J connectivity index is 2.12. The van der Waals surface area contributed by atoms with Crippen LogP contribution in [0.2, 0.25) is 0 Å². The molecular formula is C14H10N2. The van der Waals surface area contributed by atoms with Gasteiger partial charge in [0, 0.05) is 17.1 Å². The minimum atomic E-state index is 0.950. The van der Waals surface area contributed by atoms with E-state index in [2.05, 4.69) is 45.9 Å². The van der Waals surface area contributed by atoms with Crippen molar-refractivity contribution in [1.29, 1.82) is 0 Å². The fraction of sp³-hybridized carbons (Fsp3) is 0.0714. The van der Waals surface area contributed by atoms with E-state index in [4.69, 9.17) is 0 Å². The molecule has 1 aromatic carbocycles. The van der Waals surface area contributed by atoms with Gasteiger partial charge in [-0.05, 0) is 23.8 Å². The molecule has 0 N–H and O–H groups in total. The molecule has 2 aromatic heterocycles. The van der Waals surface area contributed by atoms with Gasteiger partial charge in [0.1, 0.15) is 5.65 Å². The van der Waals surface area contributed by atoms with Gasteiger partial charge < -0.3 is 4.57 Å². The standard InChI is InChI=1S/C14H10N2/c1-2-6-12-11(4-1)9-16-13(12)8-10-5-3-7-15-14(10)16/h1-8H,9H2. The number of hydrogen-bond acceptors (Lipinski definition) is 1. The van der Waals surface area contributed by atoms with Gasteiger partial charge >= 0.3 is 0 Å². The van der Waals surface area contributed by atoms with E-state index in [0.29, 0.717) is 0 Å². The van der Waals surface area contributed by atoms with Crippen LogP contribution in [0.3, 0.4) is 0 Å². The van der Waals surface area contributed by atoms with Crippen LogP contribution in [0.25, 0.3) is 22.3 Å². The average Bonchev–Trinajstić information content (AvgIpc) is 2.85. The van der Waals surface area contributed by atoms with E-state index in [9.17, 15) is 0 Å². The Bertz CT molecular complexity index is 695. The second-order valence-electron chi connectivity index (χ2n) is 4.19. The molecule has 0 radical (unpaired) electrons. The number of hydrogen-bond donors (Lipinski definition) is 0. The van der Waals surface area contributed by atoms with Crippen LogP contribution in [0.4, 0.5) is 0 Å². The lowest BCUT2D eigenvalue weighted by atomic mass is 10.1. The molecule has 0 unspecified atom stereocenters. The van der Waals surface area contributed by atoms with Crippen LogP contribution in [0.15, 0.2) is 48.7 Å². The first-order valence-electron chi connectivity index (χ1n) is 5.46. The Labute approximate surface area is 93.2 Å². The van der Waals surface area contributed by atoms with Crippen molar-refractivity contribution in [3.05, 3.63) is 54.2 Å². The lowest BCUT2D eigenvalue weighted by molar-refractivity contribution is 0.873. The molecule has 0 saturated heterocycles. The monoisotopic (exact) mass is 206 g/mol. The molecule has 0 fully saturated rings. The van der Waals surface area contributed by atoms with Gasteiger partial charge in [0.2, 0.25) is 0 Å². The third kappa shape index (κ3) is 0.890. The predicted molar refractivity (Wildman–Crippen MR) is 64.3 cm³/mol. The van der Waals surface area contributed by atoms with Gasteiger partial charge in [-0.15, -0.1) is 0 Å². The summed E-state index contributed by atoms with van der Waals surface area (Å²) in [7, 11) is 0. The lowest BCUT2D eigenvalue weighted by Crippen LogP contribution is -1.93. The Morgan fingerprint density at radius 1 is 1.06 bits per heavy atom. The molecule has 4 rings (SSSR count).